The van der Waals surface area contributed by atoms with Crippen LogP contribution in [0.2, 0.25) is 0 Å². The minimum absolute atomic E-state index is 0.342. The van der Waals surface area contributed by atoms with Crippen molar-refractivity contribution >= 4 is 40.5 Å². The highest BCUT2D eigenvalue weighted by atomic mass is 35.5. The topological polar surface area (TPSA) is 24.1 Å². The molecule has 3 aliphatic rings. The Kier molecular flexibility index (Phi) is 8.28. The SMILES string of the molecule is CC.S=C(NCC1=C(Cl)C=C(Cl)C=CC1)NC1CCC2=C1C=CCC2. The molecule has 0 bridgehead atoms. The minimum Gasteiger partial charge on any atom is -0.359 e. The van der Waals surface area contributed by atoms with E-state index < -0.39 is 0 Å². The summed E-state index contributed by atoms with van der Waals surface area (Å²) in [6.45, 7) is 4.63. The van der Waals surface area contributed by atoms with Gasteiger partial charge in [0.05, 0.1) is 6.04 Å². The molecule has 1 atom stereocenters. The van der Waals surface area contributed by atoms with Crippen LogP contribution in [0.1, 0.15) is 46.0 Å². The molecule has 136 valence electrons. The van der Waals surface area contributed by atoms with E-state index in [-0.39, 0.29) is 0 Å². The Hall–Kier alpha value is -1.03. The lowest BCUT2D eigenvalue weighted by molar-refractivity contribution is 0.677. The molecule has 0 saturated carbocycles. The summed E-state index contributed by atoms with van der Waals surface area (Å²) in [6, 6.07) is 0.342. The van der Waals surface area contributed by atoms with Crippen LogP contribution in [0, 0.1) is 0 Å². The lowest BCUT2D eigenvalue weighted by atomic mass is 9.99. The van der Waals surface area contributed by atoms with Crippen LogP contribution in [-0.4, -0.2) is 17.7 Å². The van der Waals surface area contributed by atoms with Crippen molar-refractivity contribution in [2.45, 2.75) is 52.0 Å². The van der Waals surface area contributed by atoms with Gasteiger partial charge in [0.25, 0.3) is 0 Å². The molecule has 0 fully saturated rings. The third-order valence-corrected chi connectivity index (χ3v) is 5.31. The van der Waals surface area contributed by atoms with Gasteiger partial charge in [-0.1, -0.05) is 60.9 Å². The number of thiocarbonyl (C=S) groups is 1. The first-order valence-electron chi connectivity index (χ1n) is 8.97. The first kappa shape index (κ1) is 20.3. The van der Waals surface area contributed by atoms with E-state index >= 15 is 0 Å². The highest BCUT2D eigenvalue weighted by Gasteiger charge is 2.25. The number of hydrogen-bond acceptors (Lipinski definition) is 1. The van der Waals surface area contributed by atoms with Gasteiger partial charge in [0.2, 0.25) is 0 Å². The molecule has 0 aromatic heterocycles. The first-order chi connectivity index (χ1) is 12.1. The third-order valence-electron chi connectivity index (χ3n) is 4.44. The molecule has 0 heterocycles. The van der Waals surface area contributed by atoms with Crippen molar-refractivity contribution in [3.8, 4) is 0 Å². The van der Waals surface area contributed by atoms with Gasteiger partial charge in [0.1, 0.15) is 0 Å². The highest BCUT2D eigenvalue weighted by molar-refractivity contribution is 7.80. The molecule has 1 unspecified atom stereocenters. The largest absolute Gasteiger partial charge is 0.359 e. The Bertz CT molecular complexity index is 657. The van der Waals surface area contributed by atoms with Gasteiger partial charge in [0.15, 0.2) is 5.11 Å². The van der Waals surface area contributed by atoms with Gasteiger partial charge in [-0.2, -0.15) is 0 Å². The van der Waals surface area contributed by atoms with Crippen LogP contribution >= 0.6 is 35.4 Å². The molecular formula is C20H26Cl2N2S. The van der Waals surface area contributed by atoms with Gasteiger partial charge in [-0.3, -0.25) is 0 Å². The Morgan fingerprint density at radius 3 is 2.80 bits per heavy atom. The first-order valence-corrected chi connectivity index (χ1v) is 10.1. The van der Waals surface area contributed by atoms with Crippen molar-refractivity contribution < 1.29 is 0 Å². The summed E-state index contributed by atoms with van der Waals surface area (Å²) in [5.41, 5.74) is 4.11. The Morgan fingerprint density at radius 1 is 1.20 bits per heavy atom. The van der Waals surface area contributed by atoms with E-state index in [0.717, 1.165) is 18.4 Å². The molecule has 0 saturated heterocycles. The maximum atomic E-state index is 6.29. The van der Waals surface area contributed by atoms with Crippen molar-refractivity contribution in [3.63, 3.8) is 0 Å². The molecule has 5 heteroatoms. The van der Waals surface area contributed by atoms with Crippen molar-refractivity contribution in [3.05, 3.63) is 57.2 Å². The maximum Gasteiger partial charge on any atom is 0.167 e. The van der Waals surface area contributed by atoms with Gasteiger partial charge in [-0.15, -0.1) is 0 Å². The fourth-order valence-corrected chi connectivity index (χ4v) is 3.95. The quantitative estimate of drug-likeness (QED) is 0.583. The Balaban J connectivity index is 0.00000109. The number of allylic oxidation sites excluding steroid dienone is 7. The highest BCUT2D eigenvalue weighted by Crippen LogP contribution is 2.33. The number of rotatable bonds is 3. The zero-order valence-electron chi connectivity index (χ0n) is 14.9. The zero-order chi connectivity index (χ0) is 18.2. The molecule has 3 rings (SSSR count). The van der Waals surface area contributed by atoms with Crippen LogP contribution < -0.4 is 10.6 Å². The molecule has 2 N–H and O–H groups in total. The predicted molar refractivity (Wildman–Crippen MR) is 114 cm³/mol. The van der Waals surface area contributed by atoms with Gasteiger partial charge in [0, 0.05) is 16.6 Å². The van der Waals surface area contributed by atoms with E-state index in [1.54, 1.807) is 11.6 Å². The van der Waals surface area contributed by atoms with E-state index in [9.17, 15) is 0 Å². The minimum atomic E-state index is 0.342. The molecule has 0 spiro atoms. The monoisotopic (exact) mass is 396 g/mol. The lowest BCUT2D eigenvalue weighted by Crippen LogP contribution is -2.42. The van der Waals surface area contributed by atoms with Gasteiger partial charge < -0.3 is 10.6 Å². The summed E-state index contributed by atoms with van der Waals surface area (Å²) in [5.74, 6) is 0. The molecule has 0 aromatic carbocycles. The molecule has 0 amide bonds. The van der Waals surface area contributed by atoms with E-state index in [4.69, 9.17) is 35.4 Å². The summed E-state index contributed by atoms with van der Waals surface area (Å²) >= 11 is 17.7. The molecule has 0 aromatic rings. The summed E-state index contributed by atoms with van der Waals surface area (Å²) in [5, 5.41) is 8.74. The Morgan fingerprint density at radius 2 is 2.00 bits per heavy atom. The lowest BCUT2D eigenvalue weighted by Gasteiger charge is -2.20. The van der Waals surface area contributed by atoms with Crippen LogP contribution in [0.15, 0.2) is 57.2 Å². The molecule has 3 aliphatic carbocycles. The van der Waals surface area contributed by atoms with E-state index in [0.29, 0.717) is 27.8 Å². The van der Waals surface area contributed by atoms with Crippen molar-refractivity contribution in [1.82, 2.24) is 10.6 Å². The van der Waals surface area contributed by atoms with E-state index in [2.05, 4.69) is 22.8 Å². The van der Waals surface area contributed by atoms with Gasteiger partial charge in [-0.25, -0.2) is 0 Å². The normalized spacial score (nSPS) is 21.9. The van der Waals surface area contributed by atoms with Gasteiger partial charge in [-0.05, 0) is 67.6 Å². The number of nitrogens with one attached hydrogen (secondary N) is 2. The average molecular weight is 397 g/mol. The van der Waals surface area contributed by atoms with E-state index in [1.165, 1.54) is 24.8 Å². The van der Waals surface area contributed by atoms with Crippen LogP contribution in [-0.2, 0) is 0 Å². The predicted octanol–water partition coefficient (Wildman–Crippen LogP) is 5.86. The van der Waals surface area contributed by atoms with Crippen LogP contribution in [0.25, 0.3) is 0 Å². The summed E-state index contributed by atoms with van der Waals surface area (Å²) < 4.78 is 0. The third kappa shape index (κ3) is 5.73. The second-order valence-corrected chi connectivity index (χ2v) is 7.26. The number of hydrogen-bond donors (Lipinski definition) is 2. The fourth-order valence-electron chi connectivity index (χ4n) is 3.22. The summed E-state index contributed by atoms with van der Waals surface area (Å²) in [6.07, 6.45) is 15.6. The summed E-state index contributed by atoms with van der Waals surface area (Å²) in [7, 11) is 0. The molecule has 0 aliphatic heterocycles. The van der Waals surface area contributed by atoms with Crippen LogP contribution in [0.3, 0.4) is 0 Å². The second-order valence-electron chi connectivity index (χ2n) is 6.01. The fraction of sp³-hybridized carbons (Fsp3) is 0.450. The van der Waals surface area contributed by atoms with Crippen LogP contribution in [0.4, 0.5) is 0 Å². The molecule has 2 nitrogen and oxygen atoms in total. The number of halogens is 2. The van der Waals surface area contributed by atoms with Gasteiger partial charge >= 0.3 is 0 Å². The van der Waals surface area contributed by atoms with Crippen molar-refractivity contribution in [2.75, 3.05) is 6.54 Å². The Labute approximate surface area is 166 Å². The summed E-state index contributed by atoms with van der Waals surface area (Å²) in [4.78, 5) is 0. The zero-order valence-corrected chi connectivity index (χ0v) is 17.2. The maximum absolute atomic E-state index is 6.29. The molecule has 0 radical (unpaired) electrons. The standard InChI is InChI=1S/C18H20Cl2N2S.C2H6/c19-14-6-3-5-13(16(20)10-14)11-21-18(23)22-17-9-8-12-4-1-2-7-15(12)17;1-2/h2-3,6-7,10,17H,1,4-5,8-9,11H2,(H2,21,22,23);1-2H3. The second kappa shape index (κ2) is 10.2. The smallest absolute Gasteiger partial charge is 0.167 e. The molecular weight excluding hydrogens is 371 g/mol. The van der Waals surface area contributed by atoms with Crippen LogP contribution in [0.5, 0.6) is 0 Å². The molecule has 25 heavy (non-hydrogen) atoms. The van der Waals surface area contributed by atoms with E-state index in [1.807, 2.05) is 26.0 Å². The average Bonchev–Trinajstić information content (AvgIpc) is 2.94. The van der Waals surface area contributed by atoms with Crippen molar-refractivity contribution in [2.24, 2.45) is 0 Å². The van der Waals surface area contributed by atoms with Crippen molar-refractivity contribution in [1.29, 1.82) is 0 Å².